The number of hydrogen-bond donors (Lipinski definition) is 0. The first-order valence-electron chi connectivity index (χ1n) is 9.02. The summed E-state index contributed by atoms with van der Waals surface area (Å²) in [5.74, 6) is -1.55. The molecule has 1 aromatic carbocycles. The Balaban J connectivity index is 2.07. The largest absolute Gasteiger partial charge is 0.372 e. The van der Waals surface area contributed by atoms with E-state index in [-0.39, 0.29) is 12.2 Å². The lowest BCUT2D eigenvalue weighted by atomic mass is 10.1. The van der Waals surface area contributed by atoms with Crippen LogP contribution >= 0.6 is 0 Å². The summed E-state index contributed by atoms with van der Waals surface area (Å²) in [5.41, 5.74) is 0.851. The van der Waals surface area contributed by atoms with E-state index in [9.17, 15) is 8.78 Å². The third-order valence-electron chi connectivity index (χ3n) is 3.42. The second-order valence-corrected chi connectivity index (χ2v) is 7.61. The summed E-state index contributed by atoms with van der Waals surface area (Å²) in [6.07, 6.45) is 5.12. The van der Waals surface area contributed by atoms with Gasteiger partial charge in [0.25, 0.3) is 6.48 Å². The topological polar surface area (TPSA) is 27.7 Å². The summed E-state index contributed by atoms with van der Waals surface area (Å²) in [6.45, 7) is 7.23. The van der Waals surface area contributed by atoms with E-state index in [1.165, 1.54) is 12.1 Å². The number of halogens is 2. The molecule has 0 aromatic heterocycles. The van der Waals surface area contributed by atoms with Crippen molar-refractivity contribution in [1.29, 1.82) is 0 Å². The summed E-state index contributed by atoms with van der Waals surface area (Å²) in [6, 6.07) is 5.11. The number of aryl methyl sites for hydroxylation is 1. The van der Waals surface area contributed by atoms with Gasteiger partial charge in [0.05, 0.1) is 12.2 Å². The molecule has 0 spiro atoms. The molecule has 0 amide bonds. The van der Waals surface area contributed by atoms with Crippen LogP contribution in [0.2, 0.25) is 6.04 Å². The molecular weight excluding hydrogens is 342 g/mol. The smallest absolute Gasteiger partial charge is 0.262 e. The first-order chi connectivity index (χ1) is 11.9. The third kappa shape index (κ3) is 10.7. The SMILES string of the molecule is CC(C)OC(O[Si]CCCCCCc1ccc(F)c(F)c1)OC(C)C. The van der Waals surface area contributed by atoms with Crippen molar-refractivity contribution < 1.29 is 22.7 Å². The lowest BCUT2D eigenvalue weighted by Crippen LogP contribution is -2.28. The highest BCUT2D eigenvalue weighted by Crippen LogP contribution is 2.13. The lowest BCUT2D eigenvalue weighted by molar-refractivity contribution is -0.275. The Bertz CT molecular complexity index is 474. The minimum Gasteiger partial charge on any atom is -0.372 e. The minimum absolute atomic E-state index is 0.0600. The van der Waals surface area contributed by atoms with Gasteiger partial charge in [-0.3, -0.25) is 0 Å². The number of unbranched alkanes of at least 4 members (excludes halogenated alkanes) is 3. The lowest BCUT2D eigenvalue weighted by Gasteiger charge is -2.22. The maximum atomic E-state index is 13.1. The Labute approximate surface area is 153 Å². The quantitative estimate of drug-likeness (QED) is 0.269. The van der Waals surface area contributed by atoms with Crippen LogP contribution in [0.15, 0.2) is 18.2 Å². The molecular formula is C19H30F2O3Si. The van der Waals surface area contributed by atoms with Crippen molar-refractivity contribution in [3.63, 3.8) is 0 Å². The van der Waals surface area contributed by atoms with Crippen molar-refractivity contribution in [2.45, 2.75) is 84.5 Å². The maximum Gasteiger partial charge on any atom is 0.262 e. The monoisotopic (exact) mass is 372 g/mol. The zero-order valence-electron chi connectivity index (χ0n) is 15.7. The van der Waals surface area contributed by atoms with Gasteiger partial charge in [0.2, 0.25) is 9.76 Å². The molecule has 0 fully saturated rings. The maximum absolute atomic E-state index is 13.1. The molecule has 6 heteroatoms. The highest BCUT2D eigenvalue weighted by Gasteiger charge is 2.14. The Kier molecular flexibility index (Phi) is 11.1. The number of rotatable bonds is 13. The predicted molar refractivity (Wildman–Crippen MR) is 96.4 cm³/mol. The van der Waals surface area contributed by atoms with Crippen molar-refractivity contribution in [1.82, 2.24) is 0 Å². The van der Waals surface area contributed by atoms with Gasteiger partial charge in [-0.25, -0.2) is 8.78 Å². The van der Waals surface area contributed by atoms with E-state index < -0.39 is 18.1 Å². The van der Waals surface area contributed by atoms with Gasteiger partial charge < -0.3 is 13.9 Å². The summed E-state index contributed by atoms with van der Waals surface area (Å²) >= 11 is 0. The van der Waals surface area contributed by atoms with E-state index in [1.807, 2.05) is 27.7 Å². The number of hydrogen-bond acceptors (Lipinski definition) is 3. The average Bonchev–Trinajstić information content (AvgIpc) is 2.52. The van der Waals surface area contributed by atoms with Gasteiger partial charge in [0, 0.05) is 0 Å². The first-order valence-corrected chi connectivity index (χ1v) is 10.1. The summed E-state index contributed by atoms with van der Waals surface area (Å²) < 4.78 is 42.8. The molecule has 3 nitrogen and oxygen atoms in total. The van der Waals surface area contributed by atoms with E-state index in [1.54, 1.807) is 6.07 Å². The van der Waals surface area contributed by atoms with Gasteiger partial charge >= 0.3 is 0 Å². The molecule has 0 unspecified atom stereocenters. The van der Waals surface area contributed by atoms with Crippen LogP contribution in [0.25, 0.3) is 0 Å². The molecule has 2 radical (unpaired) electrons. The Morgan fingerprint density at radius 2 is 1.52 bits per heavy atom. The van der Waals surface area contributed by atoms with Crippen LogP contribution in [0.4, 0.5) is 8.78 Å². The fraction of sp³-hybridized carbons (Fsp3) is 0.684. The van der Waals surface area contributed by atoms with Crippen molar-refractivity contribution >= 4 is 9.76 Å². The van der Waals surface area contributed by atoms with Gasteiger partial charge in [0.15, 0.2) is 11.6 Å². The molecule has 0 aliphatic carbocycles. The summed E-state index contributed by atoms with van der Waals surface area (Å²) in [5, 5.41) is 0. The second kappa shape index (κ2) is 12.5. The Morgan fingerprint density at radius 1 is 0.880 bits per heavy atom. The van der Waals surface area contributed by atoms with Crippen LogP contribution in [0, 0.1) is 11.6 Å². The Hall–Kier alpha value is -0.823. The molecule has 0 saturated heterocycles. The molecule has 0 saturated carbocycles. The molecule has 142 valence electrons. The van der Waals surface area contributed by atoms with E-state index in [0.717, 1.165) is 43.7 Å². The van der Waals surface area contributed by atoms with Gasteiger partial charge in [-0.1, -0.05) is 25.3 Å². The molecule has 0 bridgehead atoms. The molecule has 25 heavy (non-hydrogen) atoms. The molecule has 1 rings (SSSR count). The number of benzene rings is 1. The van der Waals surface area contributed by atoms with Crippen molar-refractivity contribution in [2.75, 3.05) is 0 Å². The van der Waals surface area contributed by atoms with Gasteiger partial charge in [-0.2, -0.15) is 0 Å². The minimum atomic E-state index is -0.786. The van der Waals surface area contributed by atoms with Crippen LogP contribution in [-0.4, -0.2) is 28.4 Å². The van der Waals surface area contributed by atoms with Crippen molar-refractivity contribution in [3.05, 3.63) is 35.4 Å². The summed E-state index contributed by atoms with van der Waals surface area (Å²) in [7, 11) is 0.352. The van der Waals surface area contributed by atoms with Crippen molar-refractivity contribution in [3.8, 4) is 0 Å². The van der Waals surface area contributed by atoms with E-state index >= 15 is 0 Å². The molecule has 1 aromatic rings. The zero-order chi connectivity index (χ0) is 18.7. The second-order valence-electron chi connectivity index (χ2n) is 6.58. The van der Waals surface area contributed by atoms with Crippen LogP contribution < -0.4 is 0 Å². The fourth-order valence-corrected chi connectivity index (χ4v) is 2.99. The zero-order valence-corrected chi connectivity index (χ0v) is 16.7. The highest BCUT2D eigenvalue weighted by atomic mass is 28.2. The van der Waals surface area contributed by atoms with Crippen LogP contribution in [0.5, 0.6) is 0 Å². The third-order valence-corrected chi connectivity index (χ3v) is 4.34. The highest BCUT2D eigenvalue weighted by molar-refractivity contribution is 6.27. The predicted octanol–water partition coefficient (Wildman–Crippen LogP) is 5.26. The van der Waals surface area contributed by atoms with E-state index in [0.29, 0.717) is 9.76 Å². The summed E-state index contributed by atoms with van der Waals surface area (Å²) in [4.78, 5) is 0. The van der Waals surface area contributed by atoms with Crippen LogP contribution in [0.1, 0.15) is 58.9 Å². The van der Waals surface area contributed by atoms with Crippen LogP contribution in [-0.2, 0) is 20.3 Å². The Morgan fingerprint density at radius 3 is 2.12 bits per heavy atom. The standard InChI is InChI=1S/C19H30F2O3Si/c1-14(2)22-19(23-15(3)4)24-25-12-8-6-5-7-9-16-10-11-17(20)18(21)13-16/h10-11,13-15,19H,5-9,12H2,1-4H3. The van der Waals surface area contributed by atoms with E-state index in [2.05, 4.69) is 0 Å². The molecule has 0 N–H and O–H groups in total. The first kappa shape index (κ1) is 22.2. The van der Waals surface area contributed by atoms with E-state index in [4.69, 9.17) is 13.9 Å². The van der Waals surface area contributed by atoms with Gasteiger partial charge in [-0.05, 0) is 64.3 Å². The number of ether oxygens (including phenoxy) is 2. The molecule has 0 aliphatic rings. The van der Waals surface area contributed by atoms with Crippen LogP contribution in [0.3, 0.4) is 0 Å². The van der Waals surface area contributed by atoms with Gasteiger partial charge in [0.1, 0.15) is 0 Å². The average molecular weight is 373 g/mol. The molecule has 0 atom stereocenters. The van der Waals surface area contributed by atoms with Crippen molar-refractivity contribution in [2.24, 2.45) is 0 Å². The normalized spacial score (nSPS) is 11.9. The fourth-order valence-electron chi connectivity index (χ4n) is 2.23. The molecule has 0 aliphatic heterocycles. The molecule has 0 heterocycles. The van der Waals surface area contributed by atoms with Gasteiger partial charge in [-0.15, -0.1) is 0 Å².